The van der Waals surface area contributed by atoms with Crippen LogP contribution in [0.2, 0.25) is 0 Å². The summed E-state index contributed by atoms with van der Waals surface area (Å²) < 4.78 is 13.1. The van der Waals surface area contributed by atoms with Crippen LogP contribution in [0.15, 0.2) is 46.2 Å². The molecule has 7 heteroatoms. The molecule has 0 aliphatic heterocycles. The van der Waals surface area contributed by atoms with E-state index in [1.165, 1.54) is 0 Å². The summed E-state index contributed by atoms with van der Waals surface area (Å²) >= 11 is 0. The van der Waals surface area contributed by atoms with Crippen LogP contribution in [0.3, 0.4) is 0 Å². The summed E-state index contributed by atoms with van der Waals surface area (Å²) in [6.07, 6.45) is 1.87. The molecule has 0 saturated heterocycles. The van der Waals surface area contributed by atoms with Gasteiger partial charge >= 0.3 is 0 Å². The number of rotatable bonds is 13. The van der Waals surface area contributed by atoms with Crippen LogP contribution < -0.4 is 20.9 Å². The van der Waals surface area contributed by atoms with E-state index in [4.69, 9.17) is 14.5 Å². The van der Waals surface area contributed by atoms with Crippen LogP contribution in [0.25, 0.3) is 0 Å². The highest BCUT2D eigenvalue weighted by molar-refractivity contribution is 5.79. The molecule has 0 fully saturated rings. The number of aliphatic imine (C=N–C) groups is 1. The van der Waals surface area contributed by atoms with Crippen LogP contribution in [-0.2, 0) is 17.8 Å². The van der Waals surface area contributed by atoms with E-state index in [2.05, 4.69) is 36.6 Å². The molecule has 0 radical (unpaired) electrons. The number of aromatic nitrogens is 1. The van der Waals surface area contributed by atoms with Crippen LogP contribution >= 0.6 is 0 Å². The highest BCUT2D eigenvalue weighted by atomic mass is 16.5. The summed E-state index contributed by atoms with van der Waals surface area (Å²) in [6, 6.07) is 11.6. The topological polar surface area (TPSA) is 76.9 Å². The molecule has 0 bridgehead atoms. The Hall–Kier alpha value is -2.80. The van der Waals surface area contributed by atoms with Crippen molar-refractivity contribution in [2.45, 2.75) is 53.6 Å². The molecule has 0 spiro atoms. The third-order valence-electron chi connectivity index (χ3n) is 5.03. The lowest BCUT2D eigenvalue weighted by atomic mass is 10.1. The second-order valence-electron chi connectivity index (χ2n) is 7.64. The first-order valence-electron chi connectivity index (χ1n) is 11.5. The van der Waals surface area contributed by atoms with Crippen molar-refractivity contribution in [3.63, 3.8) is 0 Å². The molecule has 7 nitrogen and oxygen atoms in total. The Balaban J connectivity index is 1.87. The average molecular weight is 443 g/mol. The third kappa shape index (κ3) is 8.75. The Kier molecular flexibility index (Phi) is 11.4. The molecule has 1 heterocycles. The van der Waals surface area contributed by atoms with Crippen LogP contribution in [0.1, 0.15) is 43.5 Å². The first-order chi connectivity index (χ1) is 15.5. The van der Waals surface area contributed by atoms with E-state index in [0.717, 1.165) is 61.0 Å². The highest BCUT2D eigenvalue weighted by Crippen LogP contribution is 2.21. The van der Waals surface area contributed by atoms with Gasteiger partial charge in [0.1, 0.15) is 12.4 Å². The van der Waals surface area contributed by atoms with Crippen LogP contribution in [0, 0.1) is 13.8 Å². The number of pyridine rings is 1. The fraction of sp³-hybridized carbons (Fsp3) is 0.520. The van der Waals surface area contributed by atoms with Crippen LogP contribution in [0.5, 0.6) is 5.75 Å². The minimum atomic E-state index is 0.0604. The summed E-state index contributed by atoms with van der Waals surface area (Å²) in [6.45, 7) is 12.7. The first-order valence-corrected chi connectivity index (χ1v) is 11.5. The molecule has 0 aliphatic carbocycles. The van der Waals surface area contributed by atoms with Gasteiger partial charge in [0, 0.05) is 43.6 Å². The van der Waals surface area contributed by atoms with Gasteiger partial charge in [-0.15, -0.1) is 0 Å². The summed E-state index contributed by atoms with van der Waals surface area (Å²) in [4.78, 5) is 16.7. The Morgan fingerprint density at radius 3 is 2.66 bits per heavy atom. The maximum atomic E-state index is 12.0. The molecule has 32 heavy (non-hydrogen) atoms. The Morgan fingerprint density at radius 1 is 1.06 bits per heavy atom. The van der Waals surface area contributed by atoms with Crippen LogP contribution in [-0.4, -0.2) is 43.4 Å². The zero-order chi connectivity index (χ0) is 23.2. The minimum Gasteiger partial charge on any atom is -0.491 e. The first kappa shape index (κ1) is 25.5. The van der Waals surface area contributed by atoms with Crippen molar-refractivity contribution in [3.05, 3.63) is 63.6 Å². The number of ether oxygens (including phenoxy) is 2. The number of benzene rings is 1. The molecule has 0 atom stereocenters. The van der Waals surface area contributed by atoms with Gasteiger partial charge in [0.15, 0.2) is 5.96 Å². The highest BCUT2D eigenvalue weighted by Gasteiger charge is 2.06. The standard InChI is InChI=1S/C25H38N4O3/c1-5-26-25(27-14-7-8-15-29-21(4)10-9-11-24(29)30)28-19-22-13-12-20(3)18-23(22)32-17-16-31-6-2/h9-13,18H,5-8,14-17,19H2,1-4H3,(H2,26,27,28). The molecule has 2 N–H and O–H groups in total. The van der Waals surface area contributed by atoms with E-state index in [0.29, 0.717) is 26.4 Å². The number of guanidine groups is 1. The van der Waals surface area contributed by atoms with Crippen molar-refractivity contribution in [1.82, 2.24) is 15.2 Å². The molecule has 1 aromatic heterocycles. The van der Waals surface area contributed by atoms with Gasteiger partial charge in [-0.3, -0.25) is 4.79 Å². The number of aryl methyl sites for hydroxylation is 2. The molecule has 0 amide bonds. The fourth-order valence-corrected chi connectivity index (χ4v) is 3.30. The zero-order valence-corrected chi connectivity index (χ0v) is 19.9. The minimum absolute atomic E-state index is 0.0604. The molecular weight excluding hydrogens is 404 g/mol. The van der Waals surface area contributed by atoms with Crippen molar-refractivity contribution in [3.8, 4) is 5.75 Å². The molecule has 0 aliphatic rings. The van der Waals surface area contributed by atoms with Gasteiger partial charge in [0.05, 0.1) is 13.2 Å². The van der Waals surface area contributed by atoms with Gasteiger partial charge in [-0.1, -0.05) is 18.2 Å². The molecule has 2 aromatic rings. The third-order valence-corrected chi connectivity index (χ3v) is 5.03. The average Bonchev–Trinajstić information content (AvgIpc) is 2.77. The van der Waals surface area contributed by atoms with Crippen molar-refractivity contribution in [2.75, 3.05) is 32.9 Å². The maximum Gasteiger partial charge on any atom is 0.250 e. The number of nitrogens with zero attached hydrogens (tertiary/aromatic N) is 2. The summed E-state index contributed by atoms with van der Waals surface area (Å²) in [5, 5.41) is 6.68. The van der Waals surface area contributed by atoms with Crippen molar-refractivity contribution in [2.24, 2.45) is 4.99 Å². The molecule has 0 unspecified atom stereocenters. The molecule has 2 rings (SSSR count). The monoisotopic (exact) mass is 442 g/mol. The molecule has 1 aromatic carbocycles. The van der Waals surface area contributed by atoms with E-state index in [1.807, 2.05) is 30.5 Å². The lowest BCUT2D eigenvalue weighted by Gasteiger charge is -2.14. The van der Waals surface area contributed by atoms with E-state index >= 15 is 0 Å². The number of hydrogen-bond acceptors (Lipinski definition) is 4. The Morgan fingerprint density at radius 2 is 1.91 bits per heavy atom. The van der Waals surface area contributed by atoms with Crippen molar-refractivity contribution < 1.29 is 9.47 Å². The SMILES string of the molecule is CCNC(=NCc1ccc(C)cc1OCCOCC)NCCCCn1c(C)cccc1=O. The zero-order valence-electron chi connectivity index (χ0n) is 19.9. The molecular formula is C25H38N4O3. The summed E-state index contributed by atoms with van der Waals surface area (Å²) in [5.74, 6) is 1.63. The van der Waals surface area contributed by atoms with Gasteiger partial charge in [-0.25, -0.2) is 4.99 Å². The van der Waals surface area contributed by atoms with Gasteiger partial charge in [0.2, 0.25) is 0 Å². The van der Waals surface area contributed by atoms with Gasteiger partial charge in [-0.2, -0.15) is 0 Å². The van der Waals surface area contributed by atoms with Crippen molar-refractivity contribution in [1.29, 1.82) is 0 Å². The summed E-state index contributed by atoms with van der Waals surface area (Å²) in [5.41, 5.74) is 3.26. The second kappa shape index (κ2) is 14.3. The lowest BCUT2D eigenvalue weighted by Crippen LogP contribution is -2.37. The Bertz CT molecular complexity index is 908. The predicted octanol–water partition coefficient (Wildman–Crippen LogP) is 3.42. The van der Waals surface area contributed by atoms with E-state index in [-0.39, 0.29) is 5.56 Å². The normalized spacial score (nSPS) is 11.4. The largest absolute Gasteiger partial charge is 0.491 e. The number of unbranched alkanes of at least 4 members (excludes halogenated alkanes) is 1. The Labute approximate surface area is 191 Å². The smallest absolute Gasteiger partial charge is 0.250 e. The van der Waals surface area contributed by atoms with Crippen LogP contribution in [0.4, 0.5) is 0 Å². The van der Waals surface area contributed by atoms with Gasteiger partial charge in [0.25, 0.3) is 5.56 Å². The fourth-order valence-electron chi connectivity index (χ4n) is 3.30. The number of nitrogens with one attached hydrogen (secondary N) is 2. The molecule has 0 saturated carbocycles. The predicted molar refractivity (Wildman–Crippen MR) is 131 cm³/mol. The maximum absolute atomic E-state index is 12.0. The van der Waals surface area contributed by atoms with E-state index in [1.54, 1.807) is 12.1 Å². The van der Waals surface area contributed by atoms with E-state index < -0.39 is 0 Å². The quantitative estimate of drug-likeness (QED) is 0.282. The summed E-state index contributed by atoms with van der Waals surface area (Å²) in [7, 11) is 0. The van der Waals surface area contributed by atoms with Gasteiger partial charge < -0.3 is 24.7 Å². The lowest BCUT2D eigenvalue weighted by molar-refractivity contribution is 0.110. The second-order valence-corrected chi connectivity index (χ2v) is 7.64. The van der Waals surface area contributed by atoms with Gasteiger partial charge in [-0.05, 0) is 58.2 Å². The number of hydrogen-bond donors (Lipinski definition) is 2. The van der Waals surface area contributed by atoms with Crippen molar-refractivity contribution >= 4 is 5.96 Å². The molecule has 176 valence electrons. The van der Waals surface area contributed by atoms with E-state index in [9.17, 15) is 4.79 Å².